The number of carbonyl (C=O) groups excluding carboxylic acids is 1. The lowest BCUT2D eigenvalue weighted by Gasteiger charge is -2.06. The highest BCUT2D eigenvalue weighted by Crippen LogP contribution is 2.28. The Bertz CT molecular complexity index is 882. The van der Waals surface area contributed by atoms with Crippen LogP contribution < -0.4 is 5.32 Å². The van der Waals surface area contributed by atoms with Gasteiger partial charge in [0.25, 0.3) is 5.22 Å². The van der Waals surface area contributed by atoms with E-state index in [4.69, 9.17) is 27.6 Å². The van der Waals surface area contributed by atoms with Gasteiger partial charge in [-0.3, -0.25) is 4.79 Å². The molecule has 1 heterocycles. The highest BCUT2D eigenvalue weighted by Gasteiger charge is 2.11. The lowest BCUT2D eigenvalue weighted by Crippen LogP contribution is -2.14. The first-order chi connectivity index (χ1) is 11.0. The lowest BCUT2D eigenvalue weighted by molar-refractivity contribution is -0.113. The lowest BCUT2D eigenvalue weighted by atomic mass is 10.3. The Balaban J connectivity index is 1.64. The molecule has 1 amide bonds. The molecule has 0 spiro atoms. The summed E-state index contributed by atoms with van der Waals surface area (Å²) < 4.78 is 5.51. The zero-order chi connectivity index (χ0) is 16.4. The number of hydrogen-bond donors (Lipinski definition) is 2. The van der Waals surface area contributed by atoms with E-state index in [1.165, 1.54) is 18.2 Å². The molecule has 0 fully saturated rings. The van der Waals surface area contributed by atoms with Gasteiger partial charge in [-0.2, -0.15) is 0 Å². The fraction of sp³-hybridized carbons (Fsp3) is 0.0667. The summed E-state index contributed by atoms with van der Waals surface area (Å²) in [6.45, 7) is 0. The van der Waals surface area contributed by atoms with Crippen LogP contribution in [0.4, 0.5) is 5.69 Å². The first-order valence-electron chi connectivity index (χ1n) is 6.48. The molecule has 118 valence electrons. The highest BCUT2D eigenvalue weighted by molar-refractivity contribution is 7.99. The third-order valence-electron chi connectivity index (χ3n) is 2.89. The molecule has 0 saturated carbocycles. The van der Waals surface area contributed by atoms with Crippen LogP contribution in [0.1, 0.15) is 0 Å². The van der Waals surface area contributed by atoms with Crippen LogP contribution in [0, 0.1) is 0 Å². The molecule has 0 bridgehead atoms. The molecule has 2 N–H and O–H groups in total. The molecule has 0 saturated heterocycles. The van der Waals surface area contributed by atoms with Crippen LogP contribution in [-0.2, 0) is 4.79 Å². The minimum absolute atomic E-state index is 0.0516. The van der Waals surface area contributed by atoms with E-state index in [9.17, 15) is 9.90 Å². The van der Waals surface area contributed by atoms with E-state index in [1.807, 2.05) is 0 Å². The zero-order valence-electron chi connectivity index (χ0n) is 11.5. The molecule has 0 unspecified atom stereocenters. The number of amides is 1. The van der Waals surface area contributed by atoms with Gasteiger partial charge in [0.05, 0.1) is 11.4 Å². The van der Waals surface area contributed by atoms with Gasteiger partial charge in [-0.15, -0.1) is 0 Å². The van der Waals surface area contributed by atoms with Crippen molar-refractivity contribution in [3.05, 3.63) is 46.4 Å². The topological polar surface area (TPSA) is 75.4 Å². The molecule has 5 nitrogen and oxygen atoms in total. The van der Waals surface area contributed by atoms with Gasteiger partial charge in [0.2, 0.25) is 5.91 Å². The van der Waals surface area contributed by atoms with Crippen molar-refractivity contribution >= 4 is 57.7 Å². The summed E-state index contributed by atoms with van der Waals surface area (Å²) in [5, 5.41) is 13.6. The Morgan fingerprint density at radius 3 is 2.78 bits per heavy atom. The Labute approximate surface area is 145 Å². The Kier molecular flexibility index (Phi) is 4.66. The number of rotatable bonds is 4. The van der Waals surface area contributed by atoms with Gasteiger partial charge in [0, 0.05) is 10.0 Å². The molecule has 8 heteroatoms. The number of thioether (sulfide) groups is 1. The average molecular weight is 369 g/mol. The second-order valence-corrected chi connectivity index (χ2v) is 6.39. The molecule has 23 heavy (non-hydrogen) atoms. The van der Waals surface area contributed by atoms with Gasteiger partial charge in [0.15, 0.2) is 5.58 Å². The summed E-state index contributed by atoms with van der Waals surface area (Å²) in [7, 11) is 0. The van der Waals surface area contributed by atoms with E-state index < -0.39 is 0 Å². The zero-order valence-corrected chi connectivity index (χ0v) is 13.9. The quantitative estimate of drug-likeness (QED) is 0.520. The van der Waals surface area contributed by atoms with E-state index in [1.54, 1.807) is 18.2 Å². The first kappa shape index (κ1) is 16.0. The van der Waals surface area contributed by atoms with E-state index in [-0.39, 0.29) is 23.1 Å². The number of benzene rings is 2. The van der Waals surface area contributed by atoms with Crippen LogP contribution in [0.15, 0.2) is 46.0 Å². The van der Waals surface area contributed by atoms with Crippen molar-refractivity contribution < 1.29 is 14.3 Å². The minimum Gasteiger partial charge on any atom is -0.506 e. The van der Waals surface area contributed by atoms with E-state index in [0.717, 1.165) is 11.8 Å². The van der Waals surface area contributed by atoms with Crippen molar-refractivity contribution in [2.45, 2.75) is 5.22 Å². The summed E-state index contributed by atoms with van der Waals surface area (Å²) in [5.41, 5.74) is 1.49. The number of oxazole rings is 1. The van der Waals surface area contributed by atoms with Crippen LogP contribution in [0.3, 0.4) is 0 Å². The monoisotopic (exact) mass is 368 g/mol. The summed E-state index contributed by atoms with van der Waals surface area (Å²) >= 11 is 12.9. The van der Waals surface area contributed by atoms with Crippen molar-refractivity contribution in [3.8, 4) is 5.75 Å². The molecule has 0 aliphatic carbocycles. The van der Waals surface area contributed by atoms with Gasteiger partial charge in [0.1, 0.15) is 11.3 Å². The number of halogens is 2. The molecule has 0 radical (unpaired) electrons. The number of nitrogens with zero attached hydrogens (tertiary/aromatic N) is 1. The number of anilines is 1. The molecule has 0 atom stereocenters. The molecule has 2 aromatic carbocycles. The molecule has 3 rings (SSSR count). The number of phenolic OH excluding ortho intramolecular Hbond substituents is 1. The van der Waals surface area contributed by atoms with Gasteiger partial charge in [-0.05, 0) is 36.4 Å². The first-order valence-corrected chi connectivity index (χ1v) is 8.23. The predicted molar refractivity (Wildman–Crippen MR) is 91.5 cm³/mol. The molecular formula is C15H10Cl2N2O3S. The number of aromatic hydroxyl groups is 1. The fourth-order valence-corrected chi connectivity index (χ4v) is 2.84. The van der Waals surface area contributed by atoms with Gasteiger partial charge in [-0.1, -0.05) is 35.0 Å². The number of nitrogens with one attached hydrogen (secondary N) is 1. The Hall–Kier alpha value is -1.89. The van der Waals surface area contributed by atoms with Crippen molar-refractivity contribution in [1.29, 1.82) is 0 Å². The van der Waals surface area contributed by atoms with Crippen LogP contribution in [0.2, 0.25) is 10.0 Å². The number of hydrogen-bond acceptors (Lipinski definition) is 5. The number of phenols is 1. The summed E-state index contributed by atoms with van der Waals surface area (Å²) in [6.07, 6.45) is 0. The predicted octanol–water partition coefficient (Wildman–Crippen LogP) is 4.57. The number of aromatic nitrogens is 1. The fourth-order valence-electron chi connectivity index (χ4n) is 1.86. The van der Waals surface area contributed by atoms with Crippen LogP contribution in [-0.4, -0.2) is 21.8 Å². The van der Waals surface area contributed by atoms with Crippen molar-refractivity contribution in [2.24, 2.45) is 0 Å². The normalized spacial score (nSPS) is 10.9. The maximum Gasteiger partial charge on any atom is 0.257 e. The summed E-state index contributed by atoms with van der Waals surface area (Å²) in [6, 6.07) is 9.53. The van der Waals surface area contributed by atoms with E-state index in [2.05, 4.69) is 10.3 Å². The van der Waals surface area contributed by atoms with Crippen molar-refractivity contribution in [1.82, 2.24) is 4.98 Å². The molecular weight excluding hydrogens is 359 g/mol. The van der Waals surface area contributed by atoms with Gasteiger partial charge >= 0.3 is 0 Å². The Morgan fingerprint density at radius 1 is 1.22 bits per heavy atom. The minimum atomic E-state index is -0.312. The van der Waals surface area contributed by atoms with Crippen LogP contribution in [0.5, 0.6) is 5.75 Å². The molecule has 3 aromatic rings. The van der Waals surface area contributed by atoms with Crippen molar-refractivity contribution in [2.75, 3.05) is 11.1 Å². The Morgan fingerprint density at radius 2 is 1.96 bits per heavy atom. The maximum absolute atomic E-state index is 11.9. The standard InChI is InChI=1S/C15H10Cl2N2O3S/c16-8-1-3-12(20)10(5-8)18-14(21)7-23-15-19-11-6-9(17)2-4-13(11)22-15/h1-6,20H,7H2,(H,18,21). The SMILES string of the molecule is O=C(CSc1nc2cc(Cl)ccc2o1)Nc1cc(Cl)ccc1O. The summed E-state index contributed by atoms with van der Waals surface area (Å²) in [5.74, 6) is -0.288. The molecule has 1 aromatic heterocycles. The maximum atomic E-state index is 11.9. The third-order valence-corrected chi connectivity index (χ3v) is 4.19. The smallest absolute Gasteiger partial charge is 0.257 e. The third kappa shape index (κ3) is 3.90. The summed E-state index contributed by atoms with van der Waals surface area (Å²) in [4.78, 5) is 16.2. The highest BCUT2D eigenvalue weighted by atomic mass is 35.5. The number of carbonyl (C=O) groups is 1. The van der Waals surface area contributed by atoms with Crippen LogP contribution in [0.25, 0.3) is 11.1 Å². The van der Waals surface area contributed by atoms with Crippen LogP contribution >= 0.6 is 35.0 Å². The molecule has 0 aliphatic rings. The molecule has 0 aliphatic heterocycles. The largest absolute Gasteiger partial charge is 0.506 e. The second-order valence-electron chi connectivity index (χ2n) is 4.59. The second kappa shape index (κ2) is 6.70. The van der Waals surface area contributed by atoms with Gasteiger partial charge < -0.3 is 14.8 Å². The van der Waals surface area contributed by atoms with Gasteiger partial charge in [-0.25, -0.2) is 4.98 Å². The average Bonchev–Trinajstić information content (AvgIpc) is 2.91. The van der Waals surface area contributed by atoms with Crippen molar-refractivity contribution in [3.63, 3.8) is 0 Å². The van der Waals surface area contributed by atoms with E-state index in [0.29, 0.717) is 26.4 Å². The number of fused-ring (bicyclic) bond motifs is 1. The van der Waals surface area contributed by atoms with E-state index >= 15 is 0 Å².